The lowest BCUT2D eigenvalue weighted by atomic mass is 9.89. The molecule has 0 bridgehead atoms. The van der Waals surface area contributed by atoms with E-state index in [-0.39, 0.29) is 5.91 Å². The van der Waals surface area contributed by atoms with Crippen LogP contribution in [-0.2, 0) is 4.79 Å². The minimum Gasteiger partial charge on any atom is -0.329 e. The van der Waals surface area contributed by atoms with E-state index in [9.17, 15) is 4.79 Å². The molecule has 1 fully saturated rings. The van der Waals surface area contributed by atoms with E-state index in [1.807, 2.05) is 24.3 Å². The van der Waals surface area contributed by atoms with Gasteiger partial charge in [0.25, 0.3) is 0 Å². The summed E-state index contributed by atoms with van der Waals surface area (Å²) in [5.41, 5.74) is 6.70. The lowest BCUT2D eigenvalue weighted by Crippen LogP contribution is -2.49. The number of nitrogens with one attached hydrogen (secondary N) is 1. The number of hydrogen-bond donors (Lipinski definition) is 2. The number of nitrogens with two attached hydrogens (primary N) is 1. The second-order valence-corrected chi connectivity index (χ2v) is 6.63. The van der Waals surface area contributed by atoms with Gasteiger partial charge in [0, 0.05) is 22.7 Å². The van der Waals surface area contributed by atoms with E-state index in [0.717, 1.165) is 35.5 Å². The molecule has 1 aromatic rings. The second-order valence-electron chi connectivity index (χ2n) is 5.72. The Labute approximate surface area is 135 Å². The lowest BCUT2D eigenvalue weighted by molar-refractivity contribution is -0.118. The molecule has 21 heavy (non-hydrogen) atoms. The molecule has 1 heterocycles. The van der Waals surface area contributed by atoms with Crippen LogP contribution >= 0.6 is 15.9 Å². The first-order chi connectivity index (χ1) is 10.1. The second kappa shape index (κ2) is 7.92. The van der Waals surface area contributed by atoms with Gasteiger partial charge in [-0.05, 0) is 43.5 Å². The fourth-order valence-corrected chi connectivity index (χ4v) is 3.36. The first-order valence-electron chi connectivity index (χ1n) is 7.62. The minimum absolute atomic E-state index is 0.0292. The first kappa shape index (κ1) is 16.5. The van der Waals surface area contributed by atoms with Crippen molar-refractivity contribution >= 4 is 27.5 Å². The molecule has 5 heteroatoms. The molecule has 2 atom stereocenters. The van der Waals surface area contributed by atoms with Crippen molar-refractivity contribution in [2.45, 2.75) is 32.2 Å². The van der Waals surface area contributed by atoms with Gasteiger partial charge in [0.15, 0.2) is 0 Å². The third-order valence-electron chi connectivity index (χ3n) is 4.25. The zero-order valence-corrected chi connectivity index (χ0v) is 14.1. The minimum atomic E-state index is 0.0292. The fourth-order valence-electron chi connectivity index (χ4n) is 2.96. The number of amides is 1. The Hall–Kier alpha value is -0.910. The van der Waals surface area contributed by atoms with Gasteiger partial charge in [-0.2, -0.15) is 0 Å². The first-order valence-corrected chi connectivity index (χ1v) is 8.41. The maximum atomic E-state index is 12.2. The van der Waals surface area contributed by atoms with Gasteiger partial charge in [-0.3, -0.25) is 9.69 Å². The molecule has 1 aromatic carbocycles. The van der Waals surface area contributed by atoms with Crippen molar-refractivity contribution in [3.05, 3.63) is 28.7 Å². The molecule has 116 valence electrons. The molecule has 0 saturated carbocycles. The normalized spacial score (nSPS) is 23.0. The highest BCUT2D eigenvalue weighted by molar-refractivity contribution is 9.10. The maximum Gasteiger partial charge on any atom is 0.238 e. The Kier molecular flexibility index (Phi) is 6.21. The Morgan fingerprint density at radius 1 is 1.52 bits per heavy atom. The Bertz CT molecular complexity index is 480. The number of likely N-dealkylation sites (tertiary alicyclic amines) is 1. The summed E-state index contributed by atoms with van der Waals surface area (Å²) in [5.74, 6) is 0.782. The van der Waals surface area contributed by atoms with Crippen LogP contribution in [-0.4, -0.2) is 36.5 Å². The van der Waals surface area contributed by atoms with E-state index in [2.05, 4.69) is 33.1 Å². The van der Waals surface area contributed by atoms with Crippen molar-refractivity contribution in [3.63, 3.8) is 0 Å². The summed E-state index contributed by atoms with van der Waals surface area (Å²) in [6, 6.07) is 7.98. The highest BCUT2D eigenvalue weighted by Crippen LogP contribution is 2.24. The molecule has 3 N–H and O–H groups in total. The number of benzene rings is 1. The van der Waals surface area contributed by atoms with Gasteiger partial charge >= 0.3 is 0 Å². The monoisotopic (exact) mass is 353 g/mol. The van der Waals surface area contributed by atoms with Crippen molar-refractivity contribution in [2.24, 2.45) is 11.7 Å². The van der Waals surface area contributed by atoms with Crippen molar-refractivity contribution in [1.82, 2.24) is 4.90 Å². The molecular formula is C16H24BrN3O. The zero-order chi connectivity index (χ0) is 15.2. The molecule has 4 nitrogen and oxygen atoms in total. The summed E-state index contributed by atoms with van der Waals surface area (Å²) in [4.78, 5) is 14.4. The molecule has 0 radical (unpaired) electrons. The largest absolute Gasteiger partial charge is 0.329 e. The number of nitrogens with zero attached hydrogens (tertiary/aromatic N) is 1. The Morgan fingerprint density at radius 2 is 2.33 bits per heavy atom. The number of anilines is 1. The van der Waals surface area contributed by atoms with Crippen LogP contribution in [0.2, 0.25) is 0 Å². The van der Waals surface area contributed by atoms with Crippen LogP contribution in [0.25, 0.3) is 0 Å². The van der Waals surface area contributed by atoms with E-state index in [1.54, 1.807) is 0 Å². The van der Waals surface area contributed by atoms with Gasteiger partial charge in [0.2, 0.25) is 5.91 Å². The fraction of sp³-hybridized carbons (Fsp3) is 0.562. The van der Waals surface area contributed by atoms with Crippen molar-refractivity contribution < 1.29 is 4.79 Å². The number of rotatable bonds is 5. The van der Waals surface area contributed by atoms with Gasteiger partial charge in [-0.25, -0.2) is 0 Å². The predicted octanol–water partition coefficient (Wildman–Crippen LogP) is 2.84. The zero-order valence-electron chi connectivity index (χ0n) is 12.5. The summed E-state index contributed by atoms with van der Waals surface area (Å²) in [6.07, 6.45) is 3.48. The Morgan fingerprint density at radius 3 is 3.00 bits per heavy atom. The number of carbonyl (C=O) groups excluding carboxylic acids is 1. The molecule has 1 saturated heterocycles. The van der Waals surface area contributed by atoms with E-state index >= 15 is 0 Å². The van der Waals surface area contributed by atoms with Crippen molar-refractivity contribution in [1.29, 1.82) is 0 Å². The number of hydrogen-bond acceptors (Lipinski definition) is 3. The van der Waals surface area contributed by atoms with Gasteiger partial charge in [-0.15, -0.1) is 0 Å². The third-order valence-corrected chi connectivity index (χ3v) is 4.74. The average molecular weight is 354 g/mol. The molecule has 0 aliphatic carbocycles. The topological polar surface area (TPSA) is 58.4 Å². The van der Waals surface area contributed by atoms with Gasteiger partial charge < -0.3 is 11.1 Å². The summed E-state index contributed by atoms with van der Waals surface area (Å²) < 4.78 is 0.962. The van der Waals surface area contributed by atoms with E-state index in [0.29, 0.717) is 19.1 Å². The highest BCUT2D eigenvalue weighted by atomic mass is 79.9. The molecule has 1 aliphatic heterocycles. The predicted molar refractivity (Wildman–Crippen MR) is 90.2 cm³/mol. The molecule has 2 unspecified atom stereocenters. The number of halogens is 1. The molecule has 2 rings (SSSR count). The highest BCUT2D eigenvalue weighted by Gasteiger charge is 2.27. The van der Waals surface area contributed by atoms with Crippen molar-refractivity contribution in [3.8, 4) is 0 Å². The number of piperidine rings is 1. The summed E-state index contributed by atoms with van der Waals surface area (Å²) in [5, 5.41) is 2.95. The number of carbonyl (C=O) groups is 1. The van der Waals surface area contributed by atoms with Crippen molar-refractivity contribution in [2.75, 3.05) is 25.0 Å². The van der Waals surface area contributed by atoms with Crippen LogP contribution in [0.3, 0.4) is 0 Å². The van der Waals surface area contributed by atoms with Gasteiger partial charge in [0.1, 0.15) is 0 Å². The van der Waals surface area contributed by atoms with Gasteiger partial charge in [0.05, 0.1) is 6.54 Å². The molecule has 1 aliphatic rings. The molecule has 0 spiro atoms. The quantitative estimate of drug-likeness (QED) is 0.855. The summed E-state index contributed by atoms with van der Waals surface area (Å²) in [7, 11) is 0. The SMILES string of the molecule is CCC1CCN(CC(=O)Nc2cccc(Br)c2)C(CN)C1. The van der Waals surface area contributed by atoms with E-state index < -0.39 is 0 Å². The standard InChI is InChI=1S/C16H24BrN3O/c1-2-12-6-7-20(15(8-12)10-18)11-16(21)19-14-5-3-4-13(17)9-14/h3-5,9,12,15H,2,6-8,10-11,18H2,1H3,(H,19,21). The lowest BCUT2D eigenvalue weighted by Gasteiger charge is -2.38. The van der Waals surface area contributed by atoms with Gasteiger partial charge in [-0.1, -0.05) is 35.3 Å². The van der Waals surface area contributed by atoms with Crippen LogP contribution in [0.15, 0.2) is 28.7 Å². The maximum absolute atomic E-state index is 12.2. The molecule has 0 aromatic heterocycles. The van der Waals surface area contributed by atoms with E-state index in [4.69, 9.17) is 5.73 Å². The van der Waals surface area contributed by atoms with Crippen LogP contribution in [0.1, 0.15) is 26.2 Å². The van der Waals surface area contributed by atoms with Crippen LogP contribution in [0.4, 0.5) is 5.69 Å². The third kappa shape index (κ3) is 4.80. The molecular weight excluding hydrogens is 330 g/mol. The van der Waals surface area contributed by atoms with E-state index in [1.165, 1.54) is 6.42 Å². The summed E-state index contributed by atoms with van der Waals surface area (Å²) >= 11 is 3.41. The smallest absolute Gasteiger partial charge is 0.238 e. The van der Waals surface area contributed by atoms with Crippen LogP contribution in [0, 0.1) is 5.92 Å². The summed E-state index contributed by atoms with van der Waals surface area (Å²) in [6.45, 7) is 4.24. The Balaban J connectivity index is 1.89. The molecule has 1 amide bonds. The van der Waals surface area contributed by atoms with Crippen LogP contribution < -0.4 is 11.1 Å². The average Bonchev–Trinajstić information content (AvgIpc) is 2.47. The van der Waals surface area contributed by atoms with Crippen LogP contribution in [0.5, 0.6) is 0 Å².